The number of rotatable bonds is 5. The molecule has 0 unspecified atom stereocenters. The number of anilines is 1. The van der Waals surface area contributed by atoms with Crippen molar-refractivity contribution in [2.45, 2.75) is 38.0 Å². The van der Waals surface area contributed by atoms with Crippen molar-refractivity contribution in [3.63, 3.8) is 0 Å². The fourth-order valence-corrected chi connectivity index (χ4v) is 4.89. The van der Waals surface area contributed by atoms with Crippen molar-refractivity contribution in [3.05, 3.63) is 59.2 Å². The minimum atomic E-state index is -3.63. The molecule has 1 aliphatic heterocycles. The Morgan fingerprint density at radius 3 is 2.32 bits per heavy atom. The van der Waals surface area contributed by atoms with Crippen molar-refractivity contribution >= 4 is 27.4 Å². The van der Waals surface area contributed by atoms with Crippen LogP contribution in [0.1, 0.15) is 52.5 Å². The van der Waals surface area contributed by atoms with Gasteiger partial charge in [0.2, 0.25) is 10.0 Å². The Hall–Kier alpha value is -2.51. The molecule has 0 atom stereocenters. The number of ketones is 1. The van der Waals surface area contributed by atoms with Crippen LogP contribution < -0.4 is 5.32 Å². The smallest absolute Gasteiger partial charge is 0.255 e. The van der Waals surface area contributed by atoms with Gasteiger partial charge in [-0.3, -0.25) is 9.59 Å². The molecule has 2 aromatic rings. The minimum Gasteiger partial charge on any atom is -0.321 e. The molecule has 0 saturated carbocycles. The maximum atomic E-state index is 12.9. The molecule has 1 N–H and O–H groups in total. The summed E-state index contributed by atoms with van der Waals surface area (Å²) in [5, 5.41) is 2.74. The van der Waals surface area contributed by atoms with Gasteiger partial charge in [0.25, 0.3) is 5.91 Å². The van der Waals surface area contributed by atoms with Gasteiger partial charge >= 0.3 is 0 Å². The van der Waals surface area contributed by atoms with Crippen molar-refractivity contribution in [1.82, 2.24) is 4.31 Å². The number of benzene rings is 2. The highest BCUT2D eigenvalue weighted by atomic mass is 32.2. The molecule has 1 aliphatic rings. The summed E-state index contributed by atoms with van der Waals surface area (Å²) in [5.41, 5.74) is 1.75. The molecule has 1 saturated heterocycles. The predicted molar refractivity (Wildman–Crippen MR) is 108 cm³/mol. The predicted octanol–water partition coefficient (Wildman–Crippen LogP) is 3.62. The molecular weight excluding hydrogens is 376 g/mol. The molecule has 6 nitrogen and oxygen atoms in total. The second-order valence-corrected chi connectivity index (χ2v) is 8.94. The van der Waals surface area contributed by atoms with E-state index < -0.39 is 15.9 Å². The molecule has 28 heavy (non-hydrogen) atoms. The van der Waals surface area contributed by atoms with E-state index in [-0.39, 0.29) is 16.2 Å². The maximum absolute atomic E-state index is 12.9. The molecule has 1 amide bonds. The van der Waals surface area contributed by atoms with E-state index in [2.05, 4.69) is 5.32 Å². The summed E-state index contributed by atoms with van der Waals surface area (Å²) in [5.74, 6) is -0.601. The zero-order chi connectivity index (χ0) is 20.3. The first-order valence-corrected chi connectivity index (χ1v) is 10.8. The Bertz CT molecular complexity index is 1010. The topological polar surface area (TPSA) is 83.5 Å². The van der Waals surface area contributed by atoms with Crippen molar-refractivity contribution in [3.8, 4) is 0 Å². The number of Topliss-reactive ketones (excluding diaryl/α,β-unsaturated/α-hetero) is 1. The Labute approximate surface area is 165 Å². The first kappa shape index (κ1) is 20.2. The second kappa shape index (κ2) is 8.24. The highest BCUT2D eigenvalue weighted by Crippen LogP contribution is 2.24. The summed E-state index contributed by atoms with van der Waals surface area (Å²) in [7, 11) is -3.63. The van der Waals surface area contributed by atoms with Crippen LogP contribution in [0.25, 0.3) is 0 Å². The second-order valence-electron chi connectivity index (χ2n) is 7.00. The number of piperidine rings is 1. The van der Waals surface area contributed by atoms with E-state index in [0.29, 0.717) is 29.9 Å². The number of carbonyl (C=O) groups excluding carboxylic acids is 2. The highest BCUT2D eigenvalue weighted by molar-refractivity contribution is 7.89. The van der Waals surface area contributed by atoms with Gasteiger partial charge in [0.05, 0.1) is 10.6 Å². The summed E-state index contributed by atoms with van der Waals surface area (Å²) in [4.78, 5) is 24.7. The number of nitrogens with zero attached hydrogens (tertiary/aromatic N) is 1. The lowest BCUT2D eigenvalue weighted by Gasteiger charge is -2.26. The van der Waals surface area contributed by atoms with E-state index in [1.807, 2.05) is 0 Å². The van der Waals surface area contributed by atoms with E-state index in [9.17, 15) is 18.0 Å². The van der Waals surface area contributed by atoms with E-state index in [1.165, 1.54) is 17.3 Å². The molecule has 0 aromatic heterocycles. The van der Waals surface area contributed by atoms with Crippen LogP contribution in [0, 0.1) is 6.92 Å². The first-order valence-electron chi connectivity index (χ1n) is 9.33. The molecule has 0 bridgehead atoms. The summed E-state index contributed by atoms with van der Waals surface area (Å²) < 4.78 is 27.3. The third-order valence-electron chi connectivity index (χ3n) is 4.96. The molecule has 3 rings (SSSR count). The lowest BCUT2D eigenvalue weighted by atomic mass is 10.1. The third-order valence-corrected chi connectivity index (χ3v) is 6.86. The molecule has 0 aliphatic carbocycles. The Balaban J connectivity index is 1.91. The van der Waals surface area contributed by atoms with Crippen LogP contribution in [0.2, 0.25) is 0 Å². The van der Waals surface area contributed by atoms with Gasteiger partial charge < -0.3 is 5.32 Å². The summed E-state index contributed by atoms with van der Waals surface area (Å²) in [6, 6.07) is 11.4. The highest BCUT2D eigenvalue weighted by Gasteiger charge is 2.27. The van der Waals surface area contributed by atoms with Crippen LogP contribution in [-0.4, -0.2) is 37.5 Å². The number of carbonyl (C=O) groups is 2. The van der Waals surface area contributed by atoms with Crippen LogP contribution in [-0.2, 0) is 10.0 Å². The number of sulfonamides is 1. The van der Waals surface area contributed by atoms with Crippen molar-refractivity contribution in [1.29, 1.82) is 0 Å². The largest absolute Gasteiger partial charge is 0.321 e. The van der Waals surface area contributed by atoms with Gasteiger partial charge in [0, 0.05) is 24.2 Å². The molecule has 1 fully saturated rings. The molecule has 1 heterocycles. The number of hydrogen-bond acceptors (Lipinski definition) is 4. The molecular formula is C21H24N2O4S. The normalized spacial score (nSPS) is 15.2. The van der Waals surface area contributed by atoms with Crippen molar-refractivity contribution in [2.24, 2.45) is 0 Å². The summed E-state index contributed by atoms with van der Waals surface area (Å²) in [6.07, 6.45) is 2.73. The standard InChI is InChI=1S/C21H24N2O4S/c1-15-10-11-17(28(26,27)23-12-6-3-7-13-23)14-19(15)21(25)22-20-9-5-4-8-18(20)16(2)24/h4-5,8-11,14H,3,6-7,12-13H2,1-2H3,(H,22,25). The van der Waals surface area contributed by atoms with Gasteiger partial charge in [-0.05, 0) is 56.5 Å². The monoisotopic (exact) mass is 400 g/mol. The van der Waals surface area contributed by atoms with E-state index in [1.54, 1.807) is 43.3 Å². The van der Waals surface area contributed by atoms with Gasteiger partial charge in [-0.2, -0.15) is 4.31 Å². The van der Waals surface area contributed by atoms with Crippen LogP contribution in [0.5, 0.6) is 0 Å². The molecule has 0 radical (unpaired) electrons. The SMILES string of the molecule is CC(=O)c1ccccc1NC(=O)c1cc(S(=O)(=O)N2CCCCC2)ccc1C. The quantitative estimate of drug-likeness (QED) is 0.777. The number of hydrogen-bond donors (Lipinski definition) is 1. The van der Waals surface area contributed by atoms with Gasteiger partial charge in [-0.1, -0.05) is 24.6 Å². The summed E-state index contributed by atoms with van der Waals surface area (Å²) >= 11 is 0. The zero-order valence-electron chi connectivity index (χ0n) is 16.1. The Kier molecular flexibility index (Phi) is 5.96. The number of amides is 1. The zero-order valence-corrected chi connectivity index (χ0v) is 16.9. The minimum absolute atomic E-state index is 0.116. The van der Waals surface area contributed by atoms with Crippen molar-refractivity contribution < 1.29 is 18.0 Å². The van der Waals surface area contributed by atoms with Gasteiger partial charge in [-0.15, -0.1) is 0 Å². The first-order chi connectivity index (χ1) is 13.3. The van der Waals surface area contributed by atoms with Gasteiger partial charge in [0.1, 0.15) is 0 Å². The Morgan fingerprint density at radius 2 is 1.64 bits per heavy atom. The molecule has 148 valence electrons. The number of para-hydroxylation sites is 1. The van der Waals surface area contributed by atoms with E-state index >= 15 is 0 Å². The fourth-order valence-electron chi connectivity index (χ4n) is 3.35. The average molecular weight is 401 g/mol. The third kappa shape index (κ3) is 4.15. The lowest BCUT2D eigenvalue weighted by Crippen LogP contribution is -2.35. The lowest BCUT2D eigenvalue weighted by molar-refractivity contribution is 0.101. The summed E-state index contributed by atoms with van der Waals surface area (Å²) in [6.45, 7) is 4.19. The van der Waals surface area contributed by atoms with E-state index in [4.69, 9.17) is 0 Å². The average Bonchev–Trinajstić information content (AvgIpc) is 2.69. The number of nitrogens with one attached hydrogen (secondary N) is 1. The fraction of sp³-hybridized carbons (Fsp3) is 0.333. The van der Waals surface area contributed by atoms with Crippen LogP contribution in [0.3, 0.4) is 0 Å². The number of aryl methyl sites for hydroxylation is 1. The van der Waals surface area contributed by atoms with Crippen LogP contribution in [0.15, 0.2) is 47.4 Å². The van der Waals surface area contributed by atoms with Gasteiger partial charge in [-0.25, -0.2) is 8.42 Å². The molecule has 2 aromatic carbocycles. The van der Waals surface area contributed by atoms with Gasteiger partial charge in [0.15, 0.2) is 5.78 Å². The molecule has 0 spiro atoms. The van der Waals surface area contributed by atoms with Crippen LogP contribution >= 0.6 is 0 Å². The Morgan fingerprint density at radius 1 is 0.964 bits per heavy atom. The van der Waals surface area contributed by atoms with Crippen LogP contribution in [0.4, 0.5) is 5.69 Å². The maximum Gasteiger partial charge on any atom is 0.255 e. The van der Waals surface area contributed by atoms with Crippen molar-refractivity contribution in [2.75, 3.05) is 18.4 Å². The molecule has 7 heteroatoms. The van der Waals surface area contributed by atoms with E-state index in [0.717, 1.165) is 19.3 Å².